The highest BCUT2D eigenvalue weighted by atomic mass is 127. The topological polar surface area (TPSA) is 75.3 Å². The van der Waals surface area contributed by atoms with E-state index < -0.39 is 11.7 Å². The second-order valence-electron chi connectivity index (χ2n) is 6.84. The maximum absolute atomic E-state index is 12.9. The van der Waals surface area contributed by atoms with Crippen LogP contribution in [0.5, 0.6) is 0 Å². The third-order valence-electron chi connectivity index (χ3n) is 4.39. The van der Waals surface area contributed by atoms with Gasteiger partial charge in [0.2, 0.25) is 5.89 Å². The first-order chi connectivity index (χ1) is 13.8. The molecule has 2 rings (SSSR count). The van der Waals surface area contributed by atoms with Crippen LogP contribution in [0.4, 0.5) is 13.2 Å². The van der Waals surface area contributed by atoms with Gasteiger partial charge in [-0.15, -0.1) is 24.0 Å². The number of hydrogen-bond acceptors (Lipinski definition) is 4. The summed E-state index contributed by atoms with van der Waals surface area (Å²) in [5.74, 6) is 1.90. The van der Waals surface area contributed by atoms with E-state index in [1.807, 2.05) is 13.8 Å². The average Bonchev–Trinajstić information content (AvgIpc) is 3.09. The minimum atomic E-state index is -4.32. The van der Waals surface area contributed by atoms with Crippen molar-refractivity contribution in [3.63, 3.8) is 0 Å². The monoisotopic (exact) mass is 539 g/mol. The molecule has 2 N–H and O–H groups in total. The number of aliphatic imine (C=N–C) groups is 1. The molecular weight excluding hydrogens is 510 g/mol. The van der Waals surface area contributed by atoms with Crippen molar-refractivity contribution in [2.24, 2.45) is 4.99 Å². The molecular formula is C20H29F3IN5O. The normalized spacial score (nSPS) is 12.9. The molecule has 1 aromatic carbocycles. The Morgan fingerprint density at radius 2 is 2.03 bits per heavy atom. The molecule has 0 bridgehead atoms. The summed E-state index contributed by atoms with van der Waals surface area (Å²) in [6.07, 6.45) is -2.19. The van der Waals surface area contributed by atoms with Crippen LogP contribution >= 0.6 is 24.0 Å². The summed E-state index contributed by atoms with van der Waals surface area (Å²) < 4.78 is 43.7. The highest BCUT2D eigenvalue weighted by Crippen LogP contribution is 2.31. The molecule has 2 aromatic rings. The zero-order chi connectivity index (χ0) is 21.3. The quantitative estimate of drug-likeness (QED) is 0.209. The van der Waals surface area contributed by atoms with Crippen molar-refractivity contribution in [1.29, 1.82) is 0 Å². The first kappa shape index (κ1) is 26.2. The second kappa shape index (κ2) is 12.8. The van der Waals surface area contributed by atoms with Crippen molar-refractivity contribution >= 4 is 29.9 Å². The number of rotatable bonds is 9. The zero-order valence-corrected chi connectivity index (χ0v) is 19.8. The Morgan fingerprint density at radius 3 is 2.67 bits per heavy atom. The molecule has 10 heteroatoms. The van der Waals surface area contributed by atoms with Gasteiger partial charge < -0.3 is 15.2 Å². The van der Waals surface area contributed by atoms with Gasteiger partial charge in [-0.05, 0) is 44.2 Å². The molecule has 0 saturated heterocycles. The summed E-state index contributed by atoms with van der Waals surface area (Å²) in [6, 6.07) is 5.51. The largest absolute Gasteiger partial charge is 0.416 e. The Labute approximate surface area is 192 Å². The Morgan fingerprint density at radius 1 is 1.27 bits per heavy atom. The smallest absolute Gasteiger partial charge is 0.357 e. The fourth-order valence-electron chi connectivity index (χ4n) is 2.80. The molecule has 1 atom stereocenters. The van der Waals surface area contributed by atoms with Crippen molar-refractivity contribution in [2.75, 3.05) is 19.6 Å². The van der Waals surface area contributed by atoms with Crippen LogP contribution in [0.2, 0.25) is 0 Å². The zero-order valence-electron chi connectivity index (χ0n) is 17.4. The molecule has 1 unspecified atom stereocenters. The van der Waals surface area contributed by atoms with Gasteiger partial charge in [-0.2, -0.15) is 18.2 Å². The van der Waals surface area contributed by atoms with Crippen molar-refractivity contribution in [2.45, 2.75) is 52.1 Å². The van der Waals surface area contributed by atoms with Crippen LogP contribution in [-0.4, -0.2) is 35.7 Å². The van der Waals surface area contributed by atoms with Crippen molar-refractivity contribution < 1.29 is 17.7 Å². The van der Waals surface area contributed by atoms with Crippen molar-refractivity contribution in [1.82, 2.24) is 20.8 Å². The molecule has 0 spiro atoms. The Kier molecular flexibility index (Phi) is 11.1. The lowest BCUT2D eigenvalue weighted by atomic mass is 9.96. The number of halogens is 4. The summed E-state index contributed by atoms with van der Waals surface area (Å²) in [7, 11) is 0. The lowest BCUT2D eigenvalue weighted by Gasteiger charge is -2.16. The minimum Gasteiger partial charge on any atom is -0.357 e. The molecule has 1 aromatic heterocycles. The van der Waals surface area contributed by atoms with E-state index in [-0.39, 0.29) is 29.9 Å². The van der Waals surface area contributed by atoms with Gasteiger partial charge in [-0.1, -0.05) is 30.3 Å². The van der Waals surface area contributed by atoms with Crippen LogP contribution in [0.3, 0.4) is 0 Å². The van der Waals surface area contributed by atoms with Gasteiger partial charge in [0.15, 0.2) is 11.8 Å². The van der Waals surface area contributed by atoms with Crippen LogP contribution in [0.15, 0.2) is 33.8 Å². The molecule has 0 aliphatic carbocycles. The van der Waals surface area contributed by atoms with Crippen molar-refractivity contribution in [3.05, 3.63) is 47.1 Å². The third-order valence-corrected chi connectivity index (χ3v) is 4.39. The minimum absolute atomic E-state index is 0. The molecule has 0 fully saturated rings. The van der Waals surface area contributed by atoms with E-state index >= 15 is 0 Å². The van der Waals surface area contributed by atoms with Gasteiger partial charge in [0, 0.05) is 26.1 Å². The maximum atomic E-state index is 12.9. The number of hydrogen-bond donors (Lipinski definition) is 2. The summed E-state index contributed by atoms with van der Waals surface area (Å²) in [5, 5.41) is 10.2. The first-order valence-corrected chi connectivity index (χ1v) is 9.78. The average molecular weight is 539 g/mol. The molecule has 0 amide bonds. The molecule has 6 nitrogen and oxygen atoms in total. The van der Waals surface area contributed by atoms with Gasteiger partial charge in [-0.25, -0.2) is 0 Å². The molecule has 0 radical (unpaired) electrons. The molecule has 30 heavy (non-hydrogen) atoms. The van der Waals surface area contributed by atoms with E-state index in [1.165, 1.54) is 12.1 Å². The SMILES string of the molecule is CCNC(=NCCCc1nc(C)no1)NCCC(C)c1cccc(C(F)(F)F)c1.I. The Hall–Kier alpha value is -1.85. The summed E-state index contributed by atoms with van der Waals surface area (Å²) in [5.41, 5.74) is 0.0690. The van der Waals surface area contributed by atoms with Gasteiger partial charge in [0.1, 0.15) is 0 Å². The van der Waals surface area contributed by atoms with Gasteiger partial charge >= 0.3 is 6.18 Å². The highest BCUT2D eigenvalue weighted by Gasteiger charge is 2.30. The number of alkyl halides is 3. The molecule has 0 aliphatic heterocycles. The van der Waals surface area contributed by atoms with E-state index in [2.05, 4.69) is 25.8 Å². The van der Waals surface area contributed by atoms with Crippen LogP contribution in [0.25, 0.3) is 0 Å². The Balaban J connectivity index is 0.00000450. The highest BCUT2D eigenvalue weighted by molar-refractivity contribution is 14.0. The number of benzene rings is 1. The lowest BCUT2D eigenvalue weighted by Crippen LogP contribution is -2.38. The number of guanidine groups is 1. The predicted octanol–water partition coefficient (Wildman–Crippen LogP) is 4.70. The number of nitrogens with one attached hydrogen (secondary N) is 2. The van der Waals surface area contributed by atoms with E-state index in [0.717, 1.165) is 19.0 Å². The third kappa shape index (κ3) is 8.88. The standard InChI is InChI=1S/C20H28F3N5O.HI/c1-4-24-19(25-11-6-9-18-27-15(3)28-29-18)26-12-10-14(2)16-7-5-8-17(13-16)20(21,22)23;/h5,7-8,13-14H,4,6,9-12H2,1-3H3,(H2,24,25,26);1H. The van der Waals surface area contributed by atoms with Crippen LogP contribution < -0.4 is 10.6 Å². The summed E-state index contributed by atoms with van der Waals surface area (Å²) in [6.45, 7) is 7.60. The van der Waals surface area contributed by atoms with Crippen LogP contribution in [-0.2, 0) is 12.6 Å². The summed E-state index contributed by atoms with van der Waals surface area (Å²) in [4.78, 5) is 8.66. The Bertz CT molecular complexity index is 795. The lowest BCUT2D eigenvalue weighted by molar-refractivity contribution is -0.137. The number of aryl methyl sites for hydroxylation is 2. The van der Waals surface area contributed by atoms with Crippen LogP contribution in [0, 0.1) is 6.92 Å². The van der Waals surface area contributed by atoms with Crippen LogP contribution in [0.1, 0.15) is 55.4 Å². The number of nitrogens with zero attached hydrogens (tertiary/aromatic N) is 3. The molecule has 0 saturated carbocycles. The predicted molar refractivity (Wildman–Crippen MR) is 121 cm³/mol. The first-order valence-electron chi connectivity index (χ1n) is 9.78. The van der Waals surface area contributed by atoms with Gasteiger partial charge in [0.05, 0.1) is 5.56 Å². The molecule has 1 heterocycles. The van der Waals surface area contributed by atoms with Gasteiger partial charge in [-0.3, -0.25) is 4.99 Å². The molecule has 168 valence electrons. The fraction of sp³-hybridized carbons (Fsp3) is 0.550. The maximum Gasteiger partial charge on any atom is 0.416 e. The van der Waals surface area contributed by atoms with E-state index in [0.29, 0.717) is 49.2 Å². The summed E-state index contributed by atoms with van der Waals surface area (Å²) >= 11 is 0. The number of aromatic nitrogens is 2. The van der Waals surface area contributed by atoms with E-state index in [1.54, 1.807) is 13.0 Å². The second-order valence-corrected chi connectivity index (χ2v) is 6.84. The fourth-order valence-corrected chi connectivity index (χ4v) is 2.80. The van der Waals surface area contributed by atoms with E-state index in [9.17, 15) is 13.2 Å². The van der Waals surface area contributed by atoms with Gasteiger partial charge in [0.25, 0.3) is 0 Å². The van der Waals surface area contributed by atoms with Crippen molar-refractivity contribution in [3.8, 4) is 0 Å². The molecule has 0 aliphatic rings. The van der Waals surface area contributed by atoms with E-state index in [4.69, 9.17) is 4.52 Å².